The van der Waals surface area contributed by atoms with Gasteiger partial charge in [-0.15, -0.1) is 0 Å². The molecule has 0 saturated heterocycles. The number of aryl methyl sites for hydroxylation is 1. The lowest BCUT2D eigenvalue weighted by molar-refractivity contribution is -0.138. The first kappa shape index (κ1) is 16.3. The van der Waals surface area contributed by atoms with Crippen LogP contribution in [-0.4, -0.2) is 23.1 Å². The van der Waals surface area contributed by atoms with Crippen LogP contribution in [0.5, 0.6) is 0 Å². The Morgan fingerprint density at radius 2 is 1.96 bits per heavy atom. The van der Waals surface area contributed by atoms with Crippen molar-refractivity contribution in [2.75, 3.05) is 18.0 Å². The zero-order valence-corrected chi connectivity index (χ0v) is 14.0. The van der Waals surface area contributed by atoms with Crippen molar-refractivity contribution >= 4 is 5.82 Å². The summed E-state index contributed by atoms with van der Waals surface area (Å²) in [6.45, 7) is 4.44. The van der Waals surface area contributed by atoms with Crippen LogP contribution in [0.4, 0.5) is 19.0 Å². The second-order valence-electron chi connectivity index (χ2n) is 6.56. The van der Waals surface area contributed by atoms with Crippen molar-refractivity contribution in [2.24, 2.45) is 0 Å². The van der Waals surface area contributed by atoms with Crippen LogP contribution in [0.1, 0.15) is 33.8 Å². The molecule has 1 N–H and O–H groups in total. The van der Waals surface area contributed by atoms with Crippen molar-refractivity contribution in [3.63, 3.8) is 0 Å². The number of nitrogens with zero attached hydrogens (tertiary/aromatic N) is 3. The Kier molecular flexibility index (Phi) is 3.91. The third kappa shape index (κ3) is 2.97. The van der Waals surface area contributed by atoms with Gasteiger partial charge in [0.1, 0.15) is 11.6 Å². The fraction of sp³-hybridized carbons (Fsp3) is 0.444. The fourth-order valence-electron chi connectivity index (χ4n) is 3.78. The number of hydrogen-bond donors (Lipinski definition) is 1. The van der Waals surface area contributed by atoms with Crippen LogP contribution < -0.4 is 10.2 Å². The van der Waals surface area contributed by atoms with Crippen LogP contribution in [-0.2, 0) is 32.1 Å². The quantitative estimate of drug-likeness (QED) is 0.860. The summed E-state index contributed by atoms with van der Waals surface area (Å²) in [5.74, 6) is 1.58. The molecule has 132 valence electrons. The first-order valence-electron chi connectivity index (χ1n) is 8.43. The SMILES string of the molecule is Cc1nc2c(c(N3CCc4c(cccc4C(F)(F)F)C3)n1)CCNC2. The van der Waals surface area contributed by atoms with Crippen molar-refractivity contribution < 1.29 is 13.2 Å². The van der Waals surface area contributed by atoms with Gasteiger partial charge in [0.15, 0.2) is 0 Å². The normalized spacial score (nSPS) is 17.2. The van der Waals surface area contributed by atoms with Gasteiger partial charge in [-0.25, -0.2) is 9.97 Å². The van der Waals surface area contributed by atoms with Crippen LogP contribution in [0.25, 0.3) is 0 Å². The van der Waals surface area contributed by atoms with E-state index in [1.165, 1.54) is 12.1 Å². The maximum atomic E-state index is 13.2. The van der Waals surface area contributed by atoms with Gasteiger partial charge in [-0.2, -0.15) is 13.2 Å². The first-order valence-corrected chi connectivity index (χ1v) is 8.43. The summed E-state index contributed by atoms with van der Waals surface area (Å²) in [5, 5.41) is 3.30. The number of nitrogens with one attached hydrogen (secondary N) is 1. The maximum absolute atomic E-state index is 13.2. The maximum Gasteiger partial charge on any atom is 0.416 e. The van der Waals surface area contributed by atoms with Gasteiger partial charge in [-0.1, -0.05) is 12.1 Å². The van der Waals surface area contributed by atoms with Gasteiger partial charge in [0, 0.05) is 25.2 Å². The molecule has 3 heterocycles. The molecule has 0 saturated carbocycles. The molecule has 0 spiro atoms. The molecule has 0 aliphatic carbocycles. The number of fused-ring (bicyclic) bond motifs is 2. The van der Waals surface area contributed by atoms with E-state index in [1.54, 1.807) is 6.07 Å². The van der Waals surface area contributed by atoms with E-state index >= 15 is 0 Å². The molecule has 0 fully saturated rings. The van der Waals surface area contributed by atoms with E-state index in [0.717, 1.165) is 35.6 Å². The van der Waals surface area contributed by atoms with Crippen LogP contribution in [0.15, 0.2) is 18.2 Å². The Hall–Kier alpha value is -2.15. The Morgan fingerprint density at radius 1 is 1.12 bits per heavy atom. The molecule has 1 aromatic heterocycles. The molecule has 2 aliphatic rings. The van der Waals surface area contributed by atoms with Gasteiger partial charge >= 0.3 is 6.18 Å². The van der Waals surface area contributed by atoms with Crippen molar-refractivity contribution in [2.45, 2.75) is 39.0 Å². The summed E-state index contributed by atoms with van der Waals surface area (Å²) in [5.41, 5.74) is 2.78. The number of alkyl halides is 3. The number of hydrogen-bond acceptors (Lipinski definition) is 4. The van der Waals surface area contributed by atoms with Crippen molar-refractivity contribution in [1.82, 2.24) is 15.3 Å². The zero-order valence-electron chi connectivity index (χ0n) is 14.0. The van der Waals surface area contributed by atoms with Crippen molar-refractivity contribution in [3.05, 3.63) is 52.0 Å². The van der Waals surface area contributed by atoms with Crippen molar-refractivity contribution in [3.8, 4) is 0 Å². The summed E-state index contributed by atoms with van der Waals surface area (Å²) >= 11 is 0. The van der Waals surface area contributed by atoms with E-state index in [-0.39, 0.29) is 0 Å². The molecule has 7 heteroatoms. The molecule has 0 bridgehead atoms. The Labute approximate surface area is 144 Å². The minimum atomic E-state index is -4.30. The zero-order chi connectivity index (χ0) is 17.6. The van der Waals surface area contributed by atoms with E-state index < -0.39 is 11.7 Å². The van der Waals surface area contributed by atoms with E-state index in [0.29, 0.717) is 37.4 Å². The van der Waals surface area contributed by atoms with Crippen LogP contribution in [0.3, 0.4) is 0 Å². The van der Waals surface area contributed by atoms with Crippen molar-refractivity contribution in [1.29, 1.82) is 0 Å². The molecule has 0 unspecified atom stereocenters. The number of benzene rings is 1. The summed E-state index contributed by atoms with van der Waals surface area (Å²) in [6.07, 6.45) is -3.08. The first-order chi connectivity index (χ1) is 11.9. The topological polar surface area (TPSA) is 41.1 Å². The van der Waals surface area contributed by atoms with E-state index in [9.17, 15) is 13.2 Å². The Bertz CT molecular complexity index is 817. The molecule has 2 aliphatic heterocycles. The average molecular weight is 348 g/mol. The molecule has 25 heavy (non-hydrogen) atoms. The van der Waals surface area contributed by atoms with Gasteiger partial charge < -0.3 is 10.2 Å². The lowest BCUT2D eigenvalue weighted by Crippen LogP contribution is -2.35. The minimum Gasteiger partial charge on any atom is -0.352 e. The van der Waals surface area contributed by atoms with Crippen LogP contribution >= 0.6 is 0 Å². The fourth-order valence-corrected chi connectivity index (χ4v) is 3.78. The highest BCUT2D eigenvalue weighted by Gasteiger charge is 2.35. The molecular weight excluding hydrogens is 329 g/mol. The molecule has 2 aromatic rings. The van der Waals surface area contributed by atoms with Gasteiger partial charge in [0.05, 0.1) is 11.3 Å². The number of aromatic nitrogens is 2. The predicted molar refractivity (Wildman–Crippen MR) is 88.4 cm³/mol. The molecule has 0 radical (unpaired) electrons. The molecule has 4 nitrogen and oxygen atoms in total. The third-order valence-electron chi connectivity index (χ3n) is 4.90. The predicted octanol–water partition coefficient (Wildman–Crippen LogP) is 3.01. The smallest absolute Gasteiger partial charge is 0.352 e. The largest absolute Gasteiger partial charge is 0.416 e. The van der Waals surface area contributed by atoms with Gasteiger partial charge in [-0.3, -0.25) is 0 Å². The number of anilines is 1. The lowest BCUT2D eigenvalue weighted by Gasteiger charge is -2.33. The monoisotopic (exact) mass is 348 g/mol. The number of rotatable bonds is 1. The highest BCUT2D eigenvalue weighted by Crippen LogP contribution is 2.36. The summed E-state index contributed by atoms with van der Waals surface area (Å²) in [7, 11) is 0. The summed E-state index contributed by atoms with van der Waals surface area (Å²) < 4.78 is 39.7. The highest BCUT2D eigenvalue weighted by atomic mass is 19.4. The summed E-state index contributed by atoms with van der Waals surface area (Å²) in [4.78, 5) is 11.2. The van der Waals surface area contributed by atoms with E-state index in [1.807, 2.05) is 6.92 Å². The third-order valence-corrected chi connectivity index (χ3v) is 4.90. The highest BCUT2D eigenvalue weighted by molar-refractivity contribution is 5.53. The minimum absolute atomic E-state index is 0.376. The van der Waals surface area contributed by atoms with Crippen LogP contribution in [0, 0.1) is 6.92 Å². The van der Waals surface area contributed by atoms with E-state index in [2.05, 4.69) is 20.2 Å². The van der Waals surface area contributed by atoms with Gasteiger partial charge in [0.25, 0.3) is 0 Å². The molecular formula is C18H19F3N4. The molecule has 0 amide bonds. The Morgan fingerprint density at radius 3 is 2.76 bits per heavy atom. The second-order valence-corrected chi connectivity index (χ2v) is 6.56. The Balaban J connectivity index is 1.72. The van der Waals surface area contributed by atoms with Crippen LogP contribution in [0.2, 0.25) is 0 Å². The number of halogens is 3. The van der Waals surface area contributed by atoms with E-state index in [4.69, 9.17) is 0 Å². The lowest BCUT2D eigenvalue weighted by atomic mass is 9.93. The molecule has 1 aromatic carbocycles. The molecule has 4 rings (SSSR count). The molecule has 0 atom stereocenters. The second kappa shape index (κ2) is 5.98. The van der Waals surface area contributed by atoms with Gasteiger partial charge in [-0.05, 0) is 43.5 Å². The van der Waals surface area contributed by atoms with Gasteiger partial charge in [0.2, 0.25) is 0 Å². The standard InChI is InChI=1S/C18H19F3N4/c1-11-23-16-9-22-7-5-14(16)17(24-11)25-8-6-13-12(10-25)3-2-4-15(13)18(19,20)21/h2-4,22H,5-10H2,1H3. The average Bonchev–Trinajstić information content (AvgIpc) is 2.59. The summed E-state index contributed by atoms with van der Waals surface area (Å²) in [6, 6.07) is 4.46.